The zero-order valence-electron chi connectivity index (χ0n) is 9.39. The molecule has 0 aliphatic carbocycles. The van der Waals surface area contributed by atoms with Gasteiger partial charge in [-0.05, 0) is 25.8 Å². The van der Waals surface area contributed by atoms with Crippen molar-refractivity contribution in [3.05, 3.63) is 11.6 Å². The number of nitrogens with one attached hydrogen (secondary N) is 1. The maximum absolute atomic E-state index is 9.58. The standard InChI is InChI=1S/C11H18N4O/c16-8-4-6-15-10(7-8)13-14-11(15)9-3-1-2-5-12-9/h8-9,12,16H,1-7H2. The topological polar surface area (TPSA) is 63.0 Å². The summed E-state index contributed by atoms with van der Waals surface area (Å²) in [5.74, 6) is 2.02. The van der Waals surface area contributed by atoms with Crippen LogP contribution in [-0.4, -0.2) is 32.5 Å². The average Bonchev–Trinajstić information content (AvgIpc) is 2.73. The molecule has 5 heteroatoms. The lowest BCUT2D eigenvalue weighted by atomic mass is 10.0. The van der Waals surface area contributed by atoms with Crippen molar-refractivity contribution in [1.82, 2.24) is 20.1 Å². The molecule has 2 unspecified atom stereocenters. The van der Waals surface area contributed by atoms with Crippen LogP contribution in [0.4, 0.5) is 0 Å². The Morgan fingerprint density at radius 2 is 2.19 bits per heavy atom. The molecular formula is C11H18N4O. The van der Waals surface area contributed by atoms with E-state index in [1.807, 2.05) is 0 Å². The maximum atomic E-state index is 9.58. The number of piperidine rings is 1. The minimum absolute atomic E-state index is 0.233. The summed E-state index contributed by atoms with van der Waals surface area (Å²) in [6.07, 6.45) is 4.92. The SMILES string of the molecule is OC1CCn2c(nnc2C2CCCCN2)C1. The van der Waals surface area contributed by atoms with Gasteiger partial charge in [0.2, 0.25) is 0 Å². The van der Waals surface area contributed by atoms with E-state index in [1.54, 1.807) is 0 Å². The van der Waals surface area contributed by atoms with Gasteiger partial charge in [0.15, 0.2) is 0 Å². The smallest absolute Gasteiger partial charge is 0.150 e. The van der Waals surface area contributed by atoms with Crippen LogP contribution in [0.3, 0.4) is 0 Å². The summed E-state index contributed by atoms with van der Waals surface area (Å²) < 4.78 is 2.19. The van der Waals surface area contributed by atoms with Gasteiger partial charge in [-0.2, -0.15) is 0 Å². The average molecular weight is 222 g/mol. The van der Waals surface area contributed by atoms with Gasteiger partial charge in [0.25, 0.3) is 0 Å². The molecule has 1 aromatic rings. The fourth-order valence-corrected chi connectivity index (χ4v) is 2.66. The summed E-state index contributed by atoms with van der Waals surface area (Å²) in [7, 11) is 0. The highest BCUT2D eigenvalue weighted by Crippen LogP contribution is 2.24. The number of aliphatic hydroxyl groups is 1. The molecule has 0 bridgehead atoms. The number of hydrogen-bond acceptors (Lipinski definition) is 4. The number of hydrogen-bond donors (Lipinski definition) is 2. The third-order valence-electron chi connectivity index (χ3n) is 3.58. The van der Waals surface area contributed by atoms with Crippen molar-refractivity contribution >= 4 is 0 Å². The lowest BCUT2D eigenvalue weighted by Gasteiger charge is -2.25. The van der Waals surface area contributed by atoms with Crippen LogP contribution in [0.15, 0.2) is 0 Å². The van der Waals surface area contributed by atoms with Gasteiger partial charge in [0, 0.05) is 13.0 Å². The van der Waals surface area contributed by atoms with Crippen LogP contribution in [0.2, 0.25) is 0 Å². The molecule has 2 aliphatic rings. The molecule has 2 aliphatic heterocycles. The first-order valence-electron chi connectivity index (χ1n) is 6.18. The molecule has 5 nitrogen and oxygen atoms in total. The van der Waals surface area contributed by atoms with Crippen molar-refractivity contribution in [1.29, 1.82) is 0 Å². The predicted molar refractivity (Wildman–Crippen MR) is 58.9 cm³/mol. The van der Waals surface area contributed by atoms with E-state index in [4.69, 9.17) is 0 Å². The highest BCUT2D eigenvalue weighted by Gasteiger charge is 2.26. The third-order valence-corrected chi connectivity index (χ3v) is 3.58. The molecule has 0 aromatic carbocycles. The molecule has 1 aromatic heterocycles. The van der Waals surface area contributed by atoms with Crippen LogP contribution in [0.1, 0.15) is 43.4 Å². The quantitative estimate of drug-likeness (QED) is 0.722. The second-order valence-electron chi connectivity index (χ2n) is 4.78. The molecule has 3 heterocycles. The Balaban J connectivity index is 1.85. The number of rotatable bonds is 1. The van der Waals surface area contributed by atoms with Crippen LogP contribution in [0.5, 0.6) is 0 Å². The number of nitrogens with zero attached hydrogens (tertiary/aromatic N) is 3. The Morgan fingerprint density at radius 1 is 1.25 bits per heavy atom. The molecule has 2 N–H and O–H groups in total. The minimum Gasteiger partial charge on any atom is -0.393 e. The van der Waals surface area contributed by atoms with E-state index in [-0.39, 0.29) is 6.10 Å². The van der Waals surface area contributed by atoms with Crippen LogP contribution < -0.4 is 5.32 Å². The normalized spacial score (nSPS) is 30.1. The van der Waals surface area contributed by atoms with Crippen molar-refractivity contribution in [3.63, 3.8) is 0 Å². The van der Waals surface area contributed by atoms with E-state index in [0.717, 1.165) is 37.6 Å². The van der Waals surface area contributed by atoms with Crippen LogP contribution in [0.25, 0.3) is 0 Å². The first kappa shape index (κ1) is 10.2. The minimum atomic E-state index is -0.233. The fourth-order valence-electron chi connectivity index (χ4n) is 2.66. The third kappa shape index (κ3) is 1.74. The van der Waals surface area contributed by atoms with E-state index < -0.39 is 0 Å². The summed E-state index contributed by atoms with van der Waals surface area (Å²) in [6.45, 7) is 1.94. The number of aromatic nitrogens is 3. The Bertz CT molecular complexity index is 370. The maximum Gasteiger partial charge on any atom is 0.150 e. The summed E-state index contributed by atoms with van der Waals surface area (Å²) in [5, 5.41) is 21.6. The van der Waals surface area contributed by atoms with Gasteiger partial charge in [-0.3, -0.25) is 0 Å². The molecular weight excluding hydrogens is 204 g/mol. The molecule has 88 valence electrons. The van der Waals surface area contributed by atoms with Crippen molar-refractivity contribution in [2.45, 2.75) is 50.8 Å². The fraction of sp³-hybridized carbons (Fsp3) is 0.818. The summed E-state index contributed by atoms with van der Waals surface area (Å²) >= 11 is 0. The van der Waals surface area contributed by atoms with E-state index in [0.29, 0.717) is 12.5 Å². The van der Waals surface area contributed by atoms with Gasteiger partial charge in [-0.15, -0.1) is 10.2 Å². The molecule has 1 saturated heterocycles. The lowest BCUT2D eigenvalue weighted by Crippen LogP contribution is -2.31. The zero-order valence-corrected chi connectivity index (χ0v) is 9.39. The van der Waals surface area contributed by atoms with Crippen molar-refractivity contribution < 1.29 is 5.11 Å². The summed E-state index contributed by atoms with van der Waals surface area (Å²) in [4.78, 5) is 0. The predicted octanol–water partition coefficient (Wildman–Crippen LogP) is 0.400. The molecule has 0 saturated carbocycles. The zero-order chi connectivity index (χ0) is 11.0. The van der Waals surface area contributed by atoms with Gasteiger partial charge in [-0.25, -0.2) is 0 Å². The van der Waals surface area contributed by atoms with Crippen LogP contribution >= 0.6 is 0 Å². The van der Waals surface area contributed by atoms with Crippen LogP contribution in [-0.2, 0) is 13.0 Å². The van der Waals surface area contributed by atoms with Gasteiger partial charge in [-0.1, -0.05) is 6.42 Å². The second-order valence-corrected chi connectivity index (χ2v) is 4.78. The van der Waals surface area contributed by atoms with E-state index >= 15 is 0 Å². The number of aliphatic hydroxyl groups excluding tert-OH is 1. The van der Waals surface area contributed by atoms with Crippen LogP contribution in [0, 0.1) is 0 Å². The molecule has 16 heavy (non-hydrogen) atoms. The monoisotopic (exact) mass is 222 g/mol. The number of fused-ring (bicyclic) bond motifs is 1. The Hall–Kier alpha value is -0.940. The first-order valence-corrected chi connectivity index (χ1v) is 6.18. The summed E-state index contributed by atoms with van der Waals surface area (Å²) in [6, 6.07) is 0.366. The Kier molecular flexibility index (Phi) is 2.65. The highest BCUT2D eigenvalue weighted by molar-refractivity contribution is 5.05. The van der Waals surface area contributed by atoms with Crippen molar-refractivity contribution in [2.75, 3.05) is 6.54 Å². The Morgan fingerprint density at radius 3 is 3.00 bits per heavy atom. The second kappa shape index (κ2) is 4.14. The van der Waals surface area contributed by atoms with E-state index in [1.165, 1.54) is 12.8 Å². The van der Waals surface area contributed by atoms with Gasteiger partial charge in [0.05, 0.1) is 12.1 Å². The molecule has 3 rings (SSSR count). The Labute approximate surface area is 94.9 Å². The molecule has 2 atom stereocenters. The highest BCUT2D eigenvalue weighted by atomic mass is 16.3. The molecule has 0 amide bonds. The largest absolute Gasteiger partial charge is 0.393 e. The van der Waals surface area contributed by atoms with Crippen molar-refractivity contribution in [2.24, 2.45) is 0 Å². The molecule has 0 spiro atoms. The van der Waals surface area contributed by atoms with Crippen molar-refractivity contribution in [3.8, 4) is 0 Å². The van der Waals surface area contributed by atoms with Gasteiger partial charge in [0.1, 0.15) is 11.6 Å². The van der Waals surface area contributed by atoms with Gasteiger partial charge < -0.3 is 15.0 Å². The lowest BCUT2D eigenvalue weighted by molar-refractivity contribution is 0.140. The molecule has 1 fully saturated rings. The first-order chi connectivity index (χ1) is 7.84. The molecule has 0 radical (unpaired) electrons. The summed E-state index contributed by atoms with van der Waals surface area (Å²) in [5.41, 5.74) is 0. The van der Waals surface area contributed by atoms with E-state index in [2.05, 4.69) is 20.1 Å². The van der Waals surface area contributed by atoms with Gasteiger partial charge >= 0.3 is 0 Å². The van der Waals surface area contributed by atoms with E-state index in [9.17, 15) is 5.11 Å².